The van der Waals surface area contributed by atoms with Crippen molar-refractivity contribution >= 4 is 28.8 Å². The number of benzene rings is 1. The highest BCUT2D eigenvalue weighted by Gasteiger charge is 2.34. The highest BCUT2D eigenvalue weighted by molar-refractivity contribution is 7.14. The van der Waals surface area contributed by atoms with Crippen LogP contribution in [0.1, 0.15) is 26.5 Å². The number of anilines is 1. The molecule has 0 spiro atoms. The van der Waals surface area contributed by atoms with Crippen molar-refractivity contribution in [1.29, 1.82) is 0 Å². The molecule has 0 fully saturated rings. The van der Waals surface area contributed by atoms with Crippen molar-refractivity contribution in [3.63, 3.8) is 0 Å². The van der Waals surface area contributed by atoms with Gasteiger partial charge >= 0.3 is 0 Å². The van der Waals surface area contributed by atoms with Gasteiger partial charge in [0.2, 0.25) is 0 Å². The largest absolute Gasteiger partial charge is 0.477 e. The Morgan fingerprint density at radius 2 is 2.12 bits per heavy atom. The molecule has 2 aromatic rings. The zero-order valence-corrected chi connectivity index (χ0v) is 14.2. The second-order valence-corrected chi connectivity index (χ2v) is 7.15. The molecule has 0 saturated carbocycles. The Bertz CT molecular complexity index is 793. The summed E-state index contributed by atoms with van der Waals surface area (Å²) in [5.74, 6) is 0.282. The average Bonchev–Trinajstić information content (AvgIpc) is 3.21. The molecule has 4 rings (SSSR count). The summed E-state index contributed by atoms with van der Waals surface area (Å²) >= 11 is 1.58. The van der Waals surface area contributed by atoms with E-state index < -0.39 is 6.10 Å². The molecule has 5 nitrogen and oxygen atoms in total. The van der Waals surface area contributed by atoms with Crippen molar-refractivity contribution in [3.05, 3.63) is 45.6 Å². The van der Waals surface area contributed by atoms with Gasteiger partial charge < -0.3 is 10.1 Å². The van der Waals surface area contributed by atoms with E-state index in [9.17, 15) is 9.59 Å². The highest BCUT2D eigenvalue weighted by Crippen LogP contribution is 2.36. The van der Waals surface area contributed by atoms with Crippen LogP contribution in [-0.4, -0.2) is 31.5 Å². The van der Waals surface area contributed by atoms with Crippen molar-refractivity contribution in [2.24, 2.45) is 0 Å². The normalized spacial score (nSPS) is 18.5. The second kappa shape index (κ2) is 5.94. The lowest BCUT2D eigenvalue weighted by Crippen LogP contribution is -2.50. The van der Waals surface area contributed by atoms with Gasteiger partial charge in [-0.1, -0.05) is 12.1 Å². The maximum atomic E-state index is 13.1. The van der Waals surface area contributed by atoms with E-state index in [0.29, 0.717) is 5.75 Å². The molecule has 2 heterocycles. The minimum atomic E-state index is -0.694. The Balaban J connectivity index is 1.69. The van der Waals surface area contributed by atoms with Crippen LogP contribution in [0.15, 0.2) is 30.3 Å². The topological polar surface area (TPSA) is 58.6 Å². The first kappa shape index (κ1) is 15.2. The average molecular weight is 342 g/mol. The van der Waals surface area contributed by atoms with Crippen LogP contribution in [0.4, 0.5) is 5.69 Å². The minimum Gasteiger partial charge on any atom is -0.477 e. The summed E-state index contributed by atoms with van der Waals surface area (Å²) in [5.41, 5.74) is 2.02. The SMILES string of the molecule is CNC(=O)[C@H]1CN(C(=O)c2cc3c(s2)CCC3)c2ccccc2O1. The van der Waals surface area contributed by atoms with Crippen molar-refractivity contribution < 1.29 is 14.3 Å². The maximum Gasteiger partial charge on any atom is 0.268 e. The number of hydrogen-bond acceptors (Lipinski definition) is 4. The van der Waals surface area contributed by atoms with Gasteiger partial charge in [0.25, 0.3) is 11.8 Å². The number of ether oxygens (including phenoxy) is 1. The van der Waals surface area contributed by atoms with Gasteiger partial charge in [0, 0.05) is 11.9 Å². The summed E-state index contributed by atoms with van der Waals surface area (Å²) in [5, 5.41) is 2.60. The molecule has 0 unspecified atom stereocenters. The first-order chi connectivity index (χ1) is 11.7. The molecule has 0 radical (unpaired) electrons. The van der Waals surface area contributed by atoms with E-state index in [0.717, 1.165) is 23.4 Å². The number of nitrogens with one attached hydrogen (secondary N) is 1. The molecule has 1 N–H and O–H groups in total. The third-order valence-corrected chi connectivity index (χ3v) is 5.74. The van der Waals surface area contributed by atoms with E-state index in [1.807, 2.05) is 24.3 Å². The third kappa shape index (κ3) is 2.47. The van der Waals surface area contributed by atoms with Crippen molar-refractivity contribution in [2.45, 2.75) is 25.4 Å². The molecule has 124 valence electrons. The van der Waals surface area contributed by atoms with Crippen LogP contribution in [0, 0.1) is 0 Å². The molecular formula is C18H18N2O3S. The summed E-state index contributed by atoms with van der Waals surface area (Å²) in [7, 11) is 1.57. The summed E-state index contributed by atoms with van der Waals surface area (Å²) in [6.07, 6.45) is 2.60. The second-order valence-electron chi connectivity index (χ2n) is 6.02. The number of carbonyl (C=O) groups excluding carboxylic acids is 2. The van der Waals surface area contributed by atoms with Gasteiger partial charge in [-0.25, -0.2) is 0 Å². The number of rotatable bonds is 2. The molecule has 1 aromatic heterocycles. The Hall–Kier alpha value is -2.34. The van der Waals surface area contributed by atoms with Crippen molar-refractivity contribution in [1.82, 2.24) is 5.32 Å². The molecular weight excluding hydrogens is 324 g/mol. The van der Waals surface area contributed by atoms with E-state index in [4.69, 9.17) is 4.74 Å². The fourth-order valence-electron chi connectivity index (χ4n) is 3.29. The molecule has 0 bridgehead atoms. The quantitative estimate of drug-likeness (QED) is 0.912. The summed E-state index contributed by atoms with van der Waals surface area (Å²) in [4.78, 5) is 28.8. The number of likely N-dealkylation sites (N-methyl/N-ethyl adjacent to an activating group) is 1. The van der Waals surface area contributed by atoms with Crippen LogP contribution in [0.25, 0.3) is 0 Å². The number of amides is 2. The van der Waals surface area contributed by atoms with Gasteiger partial charge in [-0.05, 0) is 43.0 Å². The van der Waals surface area contributed by atoms with Crippen LogP contribution in [0.2, 0.25) is 0 Å². The number of thiophene rings is 1. The molecule has 0 saturated heterocycles. The Kier molecular flexibility index (Phi) is 3.76. The van der Waals surface area contributed by atoms with Crippen LogP contribution in [0.5, 0.6) is 5.75 Å². The number of carbonyl (C=O) groups is 2. The lowest BCUT2D eigenvalue weighted by molar-refractivity contribution is -0.127. The predicted octanol–water partition coefficient (Wildman–Crippen LogP) is 2.39. The number of hydrogen-bond donors (Lipinski definition) is 1. The standard InChI is InChI=1S/C18H18N2O3S/c1-19-17(21)14-10-20(12-6-2-3-7-13(12)23-14)18(22)16-9-11-5-4-8-15(11)24-16/h2-3,6-7,9,14H,4-5,8,10H2,1H3,(H,19,21)/t14-/m1/s1. The van der Waals surface area contributed by atoms with Crippen LogP contribution in [0.3, 0.4) is 0 Å². The third-order valence-electron chi connectivity index (χ3n) is 4.52. The predicted molar refractivity (Wildman–Crippen MR) is 92.9 cm³/mol. The first-order valence-corrected chi connectivity index (χ1v) is 8.89. The number of nitrogens with zero attached hydrogens (tertiary/aromatic N) is 1. The summed E-state index contributed by atoms with van der Waals surface area (Å²) in [6, 6.07) is 9.38. The molecule has 2 amide bonds. The van der Waals surface area contributed by atoms with E-state index in [1.165, 1.54) is 16.9 Å². The van der Waals surface area contributed by atoms with Crippen molar-refractivity contribution in [2.75, 3.05) is 18.5 Å². The van der Waals surface area contributed by atoms with E-state index in [-0.39, 0.29) is 18.4 Å². The zero-order valence-electron chi connectivity index (χ0n) is 13.4. The van der Waals surface area contributed by atoms with Gasteiger partial charge in [0.15, 0.2) is 6.10 Å². The fourth-order valence-corrected chi connectivity index (χ4v) is 4.49. The van der Waals surface area contributed by atoms with Crippen LogP contribution < -0.4 is 15.0 Å². The first-order valence-electron chi connectivity index (χ1n) is 8.08. The molecule has 1 aliphatic heterocycles. The highest BCUT2D eigenvalue weighted by atomic mass is 32.1. The van der Waals surface area contributed by atoms with E-state index in [2.05, 4.69) is 5.32 Å². The van der Waals surface area contributed by atoms with Crippen LogP contribution in [-0.2, 0) is 17.6 Å². The Morgan fingerprint density at radius 1 is 1.29 bits per heavy atom. The molecule has 2 aliphatic rings. The van der Waals surface area contributed by atoms with E-state index >= 15 is 0 Å². The summed E-state index contributed by atoms with van der Waals surface area (Å²) < 4.78 is 5.76. The summed E-state index contributed by atoms with van der Waals surface area (Å²) in [6.45, 7) is 0.220. The molecule has 24 heavy (non-hydrogen) atoms. The molecule has 1 aliphatic carbocycles. The van der Waals surface area contributed by atoms with Gasteiger partial charge in [-0.15, -0.1) is 11.3 Å². The van der Waals surface area contributed by atoms with Gasteiger partial charge in [-0.2, -0.15) is 0 Å². The monoisotopic (exact) mass is 342 g/mol. The smallest absolute Gasteiger partial charge is 0.268 e. The maximum absolute atomic E-state index is 13.1. The Labute approximate surface area is 144 Å². The van der Waals surface area contributed by atoms with Gasteiger partial charge in [0.1, 0.15) is 5.75 Å². The molecule has 6 heteroatoms. The Morgan fingerprint density at radius 3 is 2.92 bits per heavy atom. The van der Waals surface area contributed by atoms with Crippen molar-refractivity contribution in [3.8, 4) is 5.75 Å². The minimum absolute atomic E-state index is 0.0564. The van der Waals surface area contributed by atoms with Crippen LogP contribution >= 0.6 is 11.3 Å². The van der Waals surface area contributed by atoms with Gasteiger partial charge in [-0.3, -0.25) is 14.5 Å². The van der Waals surface area contributed by atoms with Gasteiger partial charge in [0.05, 0.1) is 17.1 Å². The molecule has 1 aromatic carbocycles. The lowest BCUT2D eigenvalue weighted by atomic mass is 10.1. The number of para-hydroxylation sites is 2. The molecule has 1 atom stereocenters. The fraction of sp³-hybridized carbons (Fsp3) is 0.333. The zero-order chi connectivity index (χ0) is 16.7. The van der Waals surface area contributed by atoms with E-state index in [1.54, 1.807) is 29.4 Å². The number of aryl methyl sites for hydroxylation is 2. The number of fused-ring (bicyclic) bond motifs is 2. The lowest BCUT2D eigenvalue weighted by Gasteiger charge is -2.33.